The van der Waals surface area contributed by atoms with Gasteiger partial charge in [0.15, 0.2) is 0 Å². The normalized spacial score (nSPS) is 10.9. The smallest absolute Gasteiger partial charge is 0.204 e. The van der Waals surface area contributed by atoms with Crippen molar-refractivity contribution in [2.75, 3.05) is 19.6 Å². The molecule has 7 heteroatoms. The first-order valence-electron chi connectivity index (χ1n) is 9.51. The molecule has 0 amide bonds. The highest BCUT2D eigenvalue weighted by Crippen LogP contribution is 2.39. The van der Waals surface area contributed by atoms with Gasteiger partial charge in [-0.05, 0) is 29.8 Å². The van der Waals surface area contributed by atoms with Crippen molar-refractivity contribution in [3.8, 4) is 33.2 Å². The monoisotopic (exact) mass is 449 g/mol. The van der Waals surface area contributed by atoms with E-state index in [0.29, 0.717) is 15.9 Å². The number of nitrogens with one attached hydrogen (secondary N) is 1. The van der Waals surface area contributed by atoms with Crippen LogP contribution in [0.25, 0.3) is 21.7 Å². The van der Waals surface area contributed by atoms with Gasteiger partial charge in [0.05, 0.1) is 31.0 Å². The van der Waals surface area contributed by atoms with Crippen molar-refractivity contribution < 1.29 is 9.47 Å². The Bertz CT molecular complexity index is 1190. The summed E-state index contributed by atoms with van der Waals surface area (Å²) in [5.41, 5.74) is 6.85. The fraction of sp³-hybridized carbons (Fsp3) is 0.0833. The average Bonchev–Trinajstić information content (AvgIpc) is 3.24. The van der Waals surface area contributed by atoms with Gasteiger partial charge in [0.1, 0.15) is 11.5 Å². The Morgan fingerprint density at radius 2 is 1.71 bits per heavy atom. The lowest BCUT2D eigenvalue weighted by atomic mass is 10.1. The molecule has 0 aliphatic carbocycles. The summed E-state index contributed by atoms with van der Waals surface area (Å²) in [6.45, 7) is 0. The summed E-state index contributed by atoms with van der Waals surface area (Å²) in [5, 5.41) is 5.74. The van der Waals surface area contributed by atoms with Crippen LogP contribution in [0.2, 0.25) is 5.02 Å². The van der Waals surface area contributed by atoms with E-state index in [-0.39, 0.29) is 0 Å². The van der Waals surface area contributed by atoms with E-state index in [0.717, 1.165) is 33.0 Å². The van der Waals surface area contributed by atoms with Gasteiger partial charge in [-0.1, -0.05) is 65.4 Å². The molecule has 0 fully saturated rings. The third-order valence-electron chi connectivity index (χ3n) is 4.59. The number of benzene rings is 3. The van der Waals surface area contributed by atoms with E-state index in [9.17, 15) is 0 Å². The van der Waals surface area contributed by atoms with Crippen molar-refractivity contribution in [2.24, 2.45) is 5.10 Å². The summed E-state index contributed by atoms with van der Waals surface area (Å²) in [4.78, 5) is 5.84. The van der Waals surface area contributed by atoms with Gasteiger partial charge in [0, 0.05) is 22.2 Å². The molecule has 0 saturated carbocycles. The maximum Gasteiger partial charge on any atom is 0.204 e. The zero-order chi connectivity index (χ0) is 21.6. The van der Waals surface area contributed by atoms with Gasteiger partial charge >= 0.3 is 0 Å². The molecule has 1 heterocycles. The van der Waals surface area contributed by atoms with Crippen LogP contribution in [0, 0.1) is 0 Å². The van der Waals surface area contributed by atoms with Crippen LogP contribution < -0.4 is 14.9 Å². The van der Waals surface area contributed by atoms with Gasteiger partial charge in [-0.15, -0.1) is 0 Å². The Labute approximate surface area is 190 Å². The van der Waals surface area contributed by atoms with Crippen LogP contribution >= 0.6 is 22.9 Å². The minimum Gasteiger partial charge on any atom is -0.497 e. The molecule has 31 heavy (non-hydrogen) atoms. The van der Waals surface area contributed by atoms with E-state index < -0.39 is 0 Å². The lowest BCUT2D eigenvalue weighted by Gasteiger charge is -2.06. The van der Waals surface area contributed by atoms with Crippen molar-refractivity contribution >= 4 is 34.3 Å². The van der Waals surface area contributed by atoms with Crippen LogP contribution in [-0.4, -0.2) is 25.4 Å². The number of aromatic nitrogens is 1. The fourth-order valence-electron chi connectivity index (χ4n) is 3.04. The third kappa shape index (κ3) is 4.87. The van der Waals surface area contributed by atoms with E-state index in [1.54, 1.807) is 31.8 Å². The molecule has 0 spiro atoms. The number of nitrogens with zero attached hydrogens (tertiary/aromatic N) is 2. The van der Waals surface area contributed by atoms with Crippen molar-refractivity contribution in [1.29, 1.82) is 0 Å². The van der Waals surface area contributed by atoms with Crippen molar-refractivity contribution in [3.05, 3.63) is 83.4 Å². The minimum atomic E-state index is 0.677. The van der Waals surface area contributed by atoms with E-state index >= 15 is 0 Å². The molecule has 5 nitrogen and oxygen atoms in total. The summed E-state index contributed by atoms with van der Waals surface area (Å²) in [5.74, 6) is 1.40. The van der Waals surface area contributed by atoms with E-state index in [1.165, 1.54) is 0 Å². The molecule has 0 bridgehead atoms. The van der Waals surface area contributed by atoms with E-state index in [1.807, 2.05) is 60.7 Å². The van der Waals surface area contributed by atoms with Crippen LogP contribution in [0.3, 0.4) is 0 Å². The molecule has 3 aromatic carbocycles. The van der Waals surface area contributed by atoms with Crippen molar-refractivity contribution in [2.45, 2.75) is 0 Å². The SMILES string of the molecule is COc1ccc(C=NNc2nc(-c3ccc(Cl)cc3)c(-c3ccccc3)s2)c(OC)c1. The first-order valence-corrected chi connectivity index (χ1v) is 10.7. The number of thiazole rings is 1. The first kappa shape index (κ1) is 20.9. The quantitative estimate of drug-likeness (QED) is 0.255. The van der Waals surface area contributed by atoms with Gasteiger partial charge in [-0.3, -0.25) is 5.43 Å². The highest BCUT2D eigenvalue weighted by molar-refractivity contribution is 7.19. The standard InChI is InChI=1S/C24H20ClN3O2S/c1-29-20-13-10-18(21(14-20)30-2)15-26-28-24-27-22(16-8-11-19(25)12-9-16)23(31-24)17-6-4-3-5-7-17/h3-15H,1-2H3,(H,27,28). The molecule has 0 aliphatic heterocycles. The summed E-state index contributed by atoms with van der Waals surface area (Å²) in [6.07, 6.45) is 1.70. The largest absolute Gasteiger partial charge is 0.497 e. The number of rotatable bonds is 7. The minimum absolute atomic E-state index is 0.677. The second kappa shape index (κ2) is 9.64. The Hall–Kier alpha value is -3.35. The molecule has 1 aromatic heterocycles. The number of methoxy groups -OCH3 is 2. The molecule has 0 saturated heterocycles. The maximum absolute atomic E-state index is 6.06. The van der Waals surface area contributed by atoms with E-state index in [2.05, 4.69) is 22.7 Å². The Morgan fingerprint density at radius 3 is 2.42 bits per heavy atom. The zero-order valence-corrected chi connectivity index (χ0v) is 18.6. The first-order chi connectivity index (χ1) is 15.2. The number of hydrazone groups is 1. The van der Waals surface area contributed by atoms with Gasteiger partial charge < -0.3 is 9.47 Å². The summed E-state index contributed by atoms with van der Waals surface area (Å²) in [7, 11) is 3.24. The van der Waals surface area contributed by atoms with Crippen molar-refractivity contribution in [1.82, 2.24) is 4.98 Å². The molecular formula is C24H20ClN3O2S. The summed E-state index contributed by atoms with van der Waals surface area (Å²) in [6, 6.07) is 23.4. The fourth-order valence-corrected chi connectivity index (χ4v) is 4.11. The topological polar surface area (TPSA) is 55.7 Å². The van der Waals surface area contributed by atoms with Crippen LogP contribution in [0.15, 0.2) is 77.9 Å². The van der Waals surface area contributed by atoms with Gasteiger partial charge in [-0.25, -0.2) is 4.98 Å². The highest BCUT2D eigenvalue weighted by Gasteiger charge is 2.15. The third-order valence-corrected chi connectivity index (χ3v) is 5.85. The number of hydrogen-bond acceptors (Lipinski definition) is 6. The molecule has 0 aliphatic rings. The second-order valence-corrected chi connectivity index (χ2v) is 7.98. The predicted octanol–water partition coefficient (Wildman–Crippen LogP) is 6.59. The summed E-state index contributed by atoms with van der Waals surface area (Å²) >= 11 is 7.61. The Morgan fingerprint density at radius 1 is 0.935 bits per heavy atom. The van der Waals surface area contributed by atoms with E-state index in [4.69, 9.17) is 26.1 Å². The average molecular weight is 450 g/mol. The van der Waals surface area contributed by atoms with Crippen molar-refractivity contribution in [3.63, 3.8) is 0 Å². The molecule has 4 rings (SSSR count). The molecule has 1 N–H and O–H groups in total. The second-order valence-electron chi connectivity index (χ2n) is 6.55. The molecule has 0 radical (unpaired) electrons. The Kier molecular flexibility index (Phi) is 6.50. The molecule has 0 atom stereocenters. The van der Waals surface area contributed by atoms with Gasteiger partial charge in [-0.2, -0.15) is 5.10 Å². The van der Waals surface area contributed by atoms with Crippen LogP contribution in [0.5, 0.6) is 11.5 Å². The molecule has 0 unspecified atom stereocenters. The number of ether oxygens (including phenoxy) is 2. The Balaban J connectivity index is 1.64. The number of hydrogen-bond donors (Lipinski definition) is 1. The number of halogens is 1. The van der Waals surface area contributed by atoms with Crippen LogP contribution in [0.4, 0.5) is 5.13 Å². The summed E-state index contributed by atoms with van der Waals surface area (Å²) < 4.78 is 10.7. The zero-order valence-electron chi connectivity index (χ0n) is 17.0. The predicted molar refractivity (Wildman–Crippen MR) is 129 cm³/mol. The van der Waals surface area contributed by atoms with Gasteiger partial charge in [0.25, 0.3) is 0 Å². The molecular weight excluding hydrogens is 430 g/mol. The maximum atomic E-state index is 6.06. The lowest BCUT2D eigenvalue weighted by Crippen LogP contribution is -1.95. The molecule has 4 aromatic rings. The molecule has 156 valence electrons. The number of anilines is 1. The highest BCUT2D eigenvalue weighted by atomic mass is 35.5. The van der Waals surface area contributed by atoms with Crippen LogP contribution in [-0.2, 0) is 0 Å². The van der Waals surface area contributed by atoms with Gasteiger partial charge in [0.2, 0.25) is 5.13 Å². The van der Waals surface area contributed by atoms with Crippen LogP contribution in [0.1, 0.15) is 5.56 Å². The lowest BCUT2D eigenvalue weighted by molar-refractivity contribution is 0.394.